The summed E-state index contributed by atoms with van der Waals surface area (Å²) in [6.45, 7) is 0. The number of hydrogen-bond acceptors (Lipinski definition) is 2. The monoisotopic (exact) mass is 111 g/mol. The van der Waals surface area contributed by atoms with Gasteiger partial charge >= 0.3 is 0 Å². The van der Waals surface area contributed by atoms with Crippen LogP contribution in [0.3, 0.4) is 0 Å². The molecule has 1 aliphatic heterocycles. The second-order valence-corrected chi connectivity index (χ2v) is 1.82. The maximum absolute atomic E-state index is 3.87. The van der Waals surface area contributed by atoms with Crippen molar-refractivity contribution in [2.24, 2.45) is 4.99 Å². The molecule has 0 radical (unpaired) electrons. The molecule has 2 heteroatoms. The Morgan fingerprint density at radius 3 is 3.29 bits per heavy atom. The smallest absolute Gasteiger partial charge is 0.0638 e. The molecule has 1 rings (SSSR count). The fourth-order valence-electron chi connectivity index (χ4n) is 0.296. The number of hydrogen-bond donors (Lipinski definition) is 0. The van der Waals surface area contributed by atoms with E-state index in [-0.39, 0.29) is 0 Å². The van der Waals surface area contributed by atoms with Gasteiger partial charge in [0.1, 0.15) is 0 Å². The largest absolute Gasteiger partial charge is 0.258 e. The Morgan fingerprint density at radius 1 is 1.29 bits per heavy atom. The van der Waals surface area contributed by atoms with Crippen LogP contribution in [0.15, 0.2) is 28.8 Å². The fourth-order valence-corrected chi connectivity index (χ4v) is 0.688. The van der Waals surface area contributed by atoms with Crippen LogP contribution in [-0.2, 0) is 0 Å². The van der Waals surface area contributed by atoms with E-state index in [2.05, 4.69) is 4.99 Å². The van der Waals surface area contributed by atoms with Gasteiger partial charge in [-0.3, -0.25) is 4.99 Å². The van der Waals surface area contributed by atoms with Gasteiger partial charge in [-0.1, -0.05) is 17.8 Å². The molecule has 1 nitrogen and oxygen atoms in total. The van der Waals surface area contributed by atoms with Gasteiger partial charge in [0, 0.05) is 6.20 Å². The minimum absolute atomic E-state index is 1.58. The molecule has 0 amide bonds. The highest BCUT2D eigenvalue weighted by Gasteiger charge is 1.71. The summed E-state index contributed by atoms with van der Waals surface area (Å²) in [6, 6.07) is 0. The third-order valence-electron chi connectivity index (χ3n) is 0.562. The molecule has 0 bridgehead atoms. The topological polar surface area (TPSA) is 12.4 Å². The molecule has 1 heterocycles. The summed E-state index contributed by atoms with van der Waals surface area (Å²) in [6.07, 6.45) is 5.62. The van der Waals surface area contributed by atoms with Crippen LogP contribution >= 0.6 is 11.8 Å². The van der Waals surface area contributed by atoms with E-state index in [1.54, 1.807) is 23.5 Å². The molecule has 0 aromatic rings. The molecule has 0 aromatic heterocycles. The average Bonchev–Trinajstić information content (AvgIpc) is 1.90. The normalized spacial score (nSPS) is 17.1. The molecule has 1 aliphatic rings. The first-order valence-electron chi connectivity index (χ1n) is 1.99. The number of rotatable bonds is 0. The van der Waals surface area contributed by atoms with Crippen molar-refractivity contribution >= 4 is 17.3 Å². The Bertz CT molecular complexity index is 110. The third kappa shape index (κ3) is 1.59. The van der Waals surface area contributed by atoms with Crippen molar-refractivity contribution in [3.8, 4) is 0 Å². The van der Waals surface area contributed by atoms with E-state index in [0.717, 1.165) is 0 Å². The van der Waals surface area contributed by atoms with Crippen molar-refractivity contribution in [3.63, 3.8) is 0 Å². The standard InChI is InChI=1S/C5H5NS/c1-2-4-7-5-6-3-1/h1-5H. The molecule has 0 atom stereocenters. The molecule has 0 saturated heterocycles. The average molecular weight is 111 g/mol. The zero-order valence-corrected chi connectivity index (χ0v) is 4.56. The van der Waals surface area contributed by atoms with Crippen molar-refractivity contribution in [1.29, 1.82) is 0 Å². The van der Waals surface area contributed by atoms with Gasteiger partial charge in [-0.25, -0.2) is 0 Å². The van der Waals surface area contributed by atoms with Gasteiger partial charge in [-0.2, -0.15) is 0 Å². The van der Waals surface area contributed by atoms with Crippen LogP contribution in [0.4, 0.5) is 0 Å². The van der Waals surface area contributed by atoms with E-state index in [1.807, 2.05) is 17.6 Å². The van der Waals surface area contributed by atoms with Gasteiger partial charge in [-0.15, -0.1) is 0 Å². The Hall–Kier alpha value is -0.500. The summed E-state index contributed by atoms with van der Waals surface area (Å²) in [5.74, 6) is 0. The highest BCUT2D eigenvalue weighted by atomic mass is 32.2. The van der Waals surface area contributed by atoms with Crippen molar-refractivity contribution in [3.05, 3.63) is 23.8 Å². The predicted molar refractivity (Wildman–Crippen MR) is 34.4 cm³/mol. The lowest BCUT2D eigenvalue weighted by atomic mass is 10.6. The molecule has 0 aromatic carbocycles. The van der Waals surface area contributed by atoms with E-state index in [4.69, 9.17) is 0 Å². The molecular weight excluding hydrogens is 106 g/mol. The summed E-state index contributed by atoms with van der Waals surface area (Å²) in [5.41, 5.74) is 1.79. The summed E-state index contributed by atoms with van der Waals surface area (Å²) >= 11 is 1.58. The lowest BCUT2D eigenvalue weighted by Crippen LogP contribution is -1.48. The van der Waals surface area contributed by atoms with Gasteiger partial charge < -0.3 is 0 Å². The van der Waals surface area contributed by atoms with Crippen LogP contribution < -0.4 is 0 Å². The summed E-state index contributed by atoms with van der Waals surface area (Å²) in [7, 11) is 0. The number of aliphatic imine (C=N–C) groups is 1. The van der Waals surface area contributed by atoms with Crippen LogP contribution in [0.1, 0.15) is 0 Å². The highest BCUT2D eigenvalue weighted by Crippen LogP contribution is 1.99. The Kier molecular flexibility index (Phi) is 1.75. The predicted octanol–water partition coefficient (Wildman–Crippen LogP) is 1.79. The Labute approximate surface area is 46.8 Å². The molecular formula is C5H5NS. The van der Waals surface area contributed by atoms with E-state index in [0.29, 0.717) is 0 Å². The van der Waals surface area contributed by atoms with Gasteiger partial charge in [0.05, 0.1) is 5.55 Å². The first-order chi connectivity index (χ1) is 3.50. The van der Waals surface area contributed by atoms with Crippen molar-refractivity contribution in [2.75, 3.05) is 0 Å². The minimum atomic E-state index is 1.58. The lowest BCUT2D eigenvalue weighted by Gasteiger charge is -1.69. The molecule has 7 heavy (non-hydrogen) atoms. The molecule has 36 valence electrons. The molecule has 0 spiro atoms. The molecule has 0 fully saturated rings. The number of thioether (sulfide) groups is 1. The van der Waals surface area contributed by atoms with Crippen molar-refractivity contribution in [1.82, 2.24) is 0 Å². The first-order valence-corrected chi connectivity index (χ1v) is 2.93. The van der Waals surface area contributed by atoms with Gasteiger partial charge in [0.2, 0.25) is 0 Å². The third-order valence-corrected chi connectivity index (χ3v) is 1.12. The molecule has 0 unspecified atom stereocenters. The molecule has 0 aliphatic carbocycles. The van der Waals surface area contributed by atoms with Crippen LogP contribution in [0.25, 0.3) is 0 Å². The zero-order chi connectivity index (χ0) is 4.95. The van der Waals surface area contributed by atoms with Crippen LogP contribution in [-0.4, -0.2) is 5.55 Å². The van der Waals surface area contributed by atoms with Gasteiger partial charge in [0.15, 0.2) is 0 Å². The maximum Gasteiger partial charge on any atom is 0.0638 e. The lowest BCUT2D eigenvalue weighted by molar-refractivity contribution is 1.62. The second-order valence-electron chi connectivity index (χ2n) is 1.06. The van der Waals surface area contributed by atoms with Gasteiger partial charge in [-0.05, 0) is 11.5 Å². The summed E-state index contributed by atoms with van der Waals surface area (Å²) in [5, 5.41) is 1.98. The second kappa shape index (κ2) is 2.64. The maximum atomic E-state index is 3.87. The first kappa shape index (κ1) is 4.65. The summed E-state index contributed by atoms with van der Waals surface area (Å²) in [4.78, 5) is 3.87. The minimum Gasteiger partial charge on any atom is -0.258 e. The zero-order valence-electron chi connectivity index (χ0n) is 3.74. The summed E-state index contributed by atoms with van der Waals surface area (Å²) < 4.78 is 0. The Balaban J connectivity index is 2.60. The van der Waals surface area contributed by atoms with E-state index in [9.17, 15) is 0 Å². The number of nitrogens with zero attached hydrogens (tertiary/aromatic N) is 1. The van der Waals surface area contributed by atoms with Crippen LogP contribution in [0.5, 0.6) is 0 Å². The van der Waals surface area contributed by atoms with Crippen molar-refractivity contribution in [2.45, 2.75) is 0 Å². The fraction of sp³-hybridized carbons (Fsp3) is 0. The molecule has 0 saturated carbocycles. The van der Waals surface area contributed by atoms with E-state index in [1.165, 1.54) is 0 Å². The number of allylic oxidation sites excluding steroid dienone is 2. The Morgan fingerprint density at radius 2 is 2.29 bits per heavy atom. The van der Waals surface area contributed by atoms with Crippen LogP contribution in [0, 0.1) is 0 Å². The highest BCUT2D eigenvalue weighted by molar-refractivity contribution is 8.14. The quantitative estimate of drug-likeness (QED) is 0.464. The van der Waals surface area contributed by atoms with E-state index < -0.39 is 0 Å². The van der Waals surface area contributed by atoms with Crippen molar-refractivity contribution < 1.29 is 0 Å². The SMILES string of the molecule is C1=CN=CSC=C1. The van der Waals surface area contributed by atoms with Crippen LogP contribution in [0.2, 0.25) is 0 Å². The molecule has 0 N–H and O–H groups in total. The van der Waals surface area contributed by atoms with Gasteiger partial charge in [0.25, 0.3) is 0 Å². The van der Waals surface area contributed by atoms with E-state index >= 15 is 0 Å².